The Balaban J connectivity index is 1.87. The standard InChI is InChI=1S/C37H55N3O6/c1-10-15-26(8)38(20-11-2)35(44)32-37-22-25(7)36(9,46-37)30(31(37)34(43)40(32)29(23-41)24(6)13-4)33(42)39(21-12-3)27-16-18-28(19-17-27)45-14-5/h11-12,16-19,24-26,29-32,41H,2-3,10,13-15,20-23H2,1,4-9H3/t24-,25?,26?,29-,30+,31-,32?,36-,37?/m0/s1. The number of amides is 3. The molecule has 1 aromatic rings. The molecule has 46 heavy (non-hydrogen) atoms. The Hall–Kier alpha value is -3.17. The van der Waals surface area contributed by atoms with Crippen molar-refractivity contribution in [3.63, 3.8) is 0 Å². The first-order valence-corrected chi connectivity index (χ1v) is 17.1. The fourth-order valence-electron chi connectivity index (χ4n) is 8.37. The van der Waals surface area contributed by atoms with Crippen molar-refractivity contribution in [2.45, 2.75) is 103 Å². The minimum Gasteiger partial charge on any atom is -0.494 e. The Morgan fingerprint density at radius 2 is 1.78 bits per heavy atom. The van der Waals surface area contributed by atoms with Gasteiger partial charge in [0.05, 0.1) is 36.7 Å². The summed E-state index contributed by atoms with van der Waals surface area (Å²) in [5.41, 5.74) is -1.53. The smallest absolute Gasteiger partial charge is 0.248 e. The van der Waals surface area contributed by atoms with E-state index in [-0.39, 0.29) is 48.8 Å². The highest BCUT2D eigenvalue weighted by molar-refractivity contribution is 6.03. The predicted molar refractivity (Wildman–Crippen MR) is 180 cm³/mol. The third-order valence-electron chi connectivity index (χ3n) is 11.0. The molecular weight excluding hydrogens is 582 g/mol. The van der Waals surface area contributed by atoms with E-state index in [4.69, 9.17) is 9.47 Å². The third kappa shape index (κ3) is 5.78. The lowest BCUT2D eigenvalue weighted by molar-refractivity contribution is -0.158. The van der Waals surface area contributed by atoms with Crippen LogP contribution in [0.2, 0.25) is 0 Å². The Kier molecular flexibility index (Phi) is 11.1. The van der Waals surface area contributed by atoms with E-state index in [1.807, 2.05) is 65.8 Å². The van der Waals surface area contributed by atoms with Crippen LogP contribution in [0.5, 0.6) is 5.75 Å². The molecule has 0 saturated carbocycles. The maximum Gasteiger partial charge on any atom is 0.248 e. The maximum absolute atomic E-state index is 14.9. The van der Waals surface area contributed by atoms with Crippen molar-refractivity contribution in [2.24, 2.45) is 23.7 Å². The number of benzene rings is 1. The maximum atomic E-state index is 14.9. The molecule has 4 rings (SSSR count). The van der Waals surface area contributed by atoms with Gasteiger partial charge in [-0.25, -0.2) is 0 Å². The van der Waals surface area contributed by atoms with Gasteiger partial charge in [-0.1, -0.05) is 52.7 Å². The SMILES string of the molecule is C=CCN(C(=O)[C@H]1[C@H]2C(=O)N([C@@H](CO)[C@@H](C)CC)C(C(=O)N(CC=C)C(C)CCC)C23CC(C)[C@]1(C)O3)c1ccc(OCC)cc1. The van der Waals surface area contributed by atoms with Crippen molar-refractivity contribution < 1.29 is 29.0 Å². The summed E-state index contributed by atoms with van der Waals surface area (Å²) in [5.74, 6) is -1.95. The lowest BCUT2D eigenvalue weighted by Crippen LogP contribution is -2.61. The van der Waals surface area contributed by atoms with Gasteiger partial charge in [0.15, 0.2) is 0 Å². The van der Waals surface area contributed by atoms with Gasteiger partial charge in [-0.05, 0) is 69.7 Å². The topological polar surface area (TPSA) is 99.6 Å². The zero-order valence-electron chi connectivity index (χ0n) is 28.9. The van der Waals surface area contributed by atoms with Crippen LogP contribution in [-0.4, -0.2) is 88.3 Å². The molecule has 9 heteroatoms. The molecule has 0 aliphatic carbocycles. The Morgan fingerprint density at radius 1 is 1.13 bits per heavy atom. The quantitative estimate of drug-likeness (QED) is 0.250. The number of anilines is 1. The molecule has 9 nitrogen and oxygen atoms in total. The minimum atomic E-state index is -1.21. The highest BCUT2D eigenvalue weighted by Crippen LogP contribution is 2.66. The average Bonchev–Trinajstić information content (AvgIpc) is 3.55. The number of aliphatic hydroxyl groups is 1. The van der Waals surface area contributed by atoms with E-state index < -0.39 is 35.1 Å². The summed E-state index contributed by atoms with van der Waals surface area (Å²) in [6, 6.07) is 5.66. The first-order valence-electron chi connectivity index (χ1n) is 17.1. The molecule has 0 radical (unpaired) electrons. The number of nitrogens with zero attached hydrogens (tertiary/aromatic N) is 3. The van der Waals surface area contributed by atoms with Crippen LogP contribution in [0.1, 0.15) is 74.1 Å². The predicted octanol–water partition coefficient (Wildman–Crippen LogP) is 5.23. The van der Waals surface area contributed by atoms with Crippen LogP contribution in [0.4, 0.5) is 5.69 Å². The Morgan fingerprint density at radius 3 is 2.33 bits per heavy atom. The van der Waals surface area contributed by atoms with Gasteiger partial charge >= 0.3 is 0 Å². The number of hydrogen-bond donors (Lipinski definition) is 1. The van der Waals surface area contributed by atoms with Gasteiger partial charge in [-0.15, -0.1) is 13.2 Å². The van der Waals surface area contributed by atoms with Gasteiger partial charge in [0, 0.05) is 24.8 Å². The van der Waals surface area contributed by atoms with Gasteiger partial charge in [-0.3, -0.25) is 14.4 Å². The Bertz CT molecular complexity index is 1280. The molecule has 3 aliphatic heterocycles. The summed E-state index contributed by atoms with van der Waals surface area (Å²) in [5, 5.41) is 10.7. The van der Waals surface area contributed by atoms with Gasteiger partial charge in [0.25, 0.3) is 0 Å². The molecule has 9 atom stereocenters. The molecule has 4 unspecified atom stereocenters. The Labute approximate surface area is 275 Å². The number of fused-ring (bicyclic) bond motifs is 1. The molecule has 1 spiro atoms. The first-order chi connectivity index (χ1) is 21.9. The van der Waals surface area contributed by atoms with E-state index in [0.717, 1.165) is 12.8 Å². The van der Waals surface area contributed by atoms with Gasteiger partial charge < -0.3 is 29.3 Å². The molecule has 1 aromatic carbocycles. The number of rotatable bonds is 16. The number of carbonyl (C=O) groups is 3. The van der Waals surface area contributed by atoms with Gasteiger partial charge in [0.1, 0.15) is 17.4 Å². The van der Waals surface area contributed by atoms with Crippen LogP contribution in [0, 0.1) is 23.7 Å². The summed E-state index contributed by atoms with van der Waals surface area (Å²) in [7, 11) is 0. The second kappa shape index (κ2) is 14.3. The molecule has 3 heterocycles. The monoisotopic (exact) mass is 637 g/mol. The lowest BCUT2D eigenvalue weighted by atomic mass is 9.62. The molecule has 3 aliphatic rings. The van der Waals surface area contributed by atoms with E-state index in [0.29, 0.717) is 37.4 Å². The second-order valence-electron chi connectivity index (χ2n) is 13.7. The molecule has 3 amide bonds. The molecule has 2 bridgehead atoms. The number of ether oxygens (including phenoxy) is 2. The zero-order valence-corrected chi connectivity index (χ0v) is 28.9. The fraction of sp³-hybridized carbons (Fsp3) is 0.649. The van der Waals surface area contributed by atoms with Crippen molar-refractivity contribution >= 4 is 23.4 Å². The minimum absolute atomic E-state index is 0.0825. The van der Waals surface area contributed by atoms with E-state index in [2.05, 4.69) is 20.1 Å². The molecule has 254 valence electrons. The molecule has 3 fully saturated rings. The molecule has 0 aromatic heterocycles. The van der Waals surface area contributed by atoms with Crippen LogP contribution in [0.15, 0.2) is 49.6 Å². The summed E-state index contributed by atoms with van der Waals surface area (Å²) in [6.45, 7) is 22.6. The second-order valence-corrected chi connectivity index (χ2v) is 13.7. The first kappa shape index (κ1) is 35.7. The lowest BCUT2D eigenvalue weighted by Gasteiger charge is -2.42. The summed E-state index contributed by atoms with van der Waals surface area (Å²) < 4.78 is 12.7. The molecule has 3 saturated heterocycles. The van der Waals surface area contributed by atoms with Crippen molar-refractivity contribution in [3.05, 3.63) is 49.6 Å². The molecular formula is C37H55N3O6. The molecule has 1 N–H and O–H groups in total. The van der Waals surface area contributed by atoms with E-state index in [9.17, 15) is 19.5 Å². The summed E-state index contributed by atoms with van der Waals surface area (Å²) in [4.78, 5) is 49.7. The van der Waals surface area contributed by atoms with Crippen LogP contribution in [0.3, 0.4) is 0 Å². The van der Waals surface area contributed by atoms with E-state index in [1.54, 1.807) is 26.9 Å². The number of likely N-dealkylation sites (tertiary alicyclic amines) is 1. The number of hydrogen-bond acceptors (Lipinski definition) is 6. The van der Waals surface area contributed by atoms with Gasteiger partial charge in [0.2, 0.25) is 17.7 Å². The van der Waals surface area contributed by atoms with E-state index >= 15 is 0 Å². The highest BCUT2D eigenvalue weighted by atomic mass is 16.5. The van der Waals surface area contributed by atoms with Crippen molar-refractivity contribution in [2.75, 3.05) is 31.2 Å². The zero-order chi connectivity index (χ0) is 34.0. The fourth-order valence-corrected chi connectivity index (χ4v) is 8.37. The largest absolute Gasteiger partial charge is 0.494 e. The van der Waals surface area contributed by atoms with E-state index in [1.165, 1.54) is 0 Å². The highest BCUT2D eigenvalue weighted by Gasteiger charge is 2.80. The van der Waals surface area contributed by atoms with Crippen LogP contribution >= 0.6 is 0 Å². The van der Waals surface area contributed by atoms with Gasteiger partial charge in [-0.2, -0.15) is 0 Å². The van der Waals surface area contributed by atoms with Crippen molar-refractivity contribution in [1.82, 2.24) is 9.80 Å². The van der Waals surface area contributed by atoms with Crippen LogP contribution in [-0.2, 0) is 19.1 Å². The van der Waals surface area contributed by atoms with Crippen LogP contribution < -0.4 is 9.64 Å². The number of carbonyl (C=O) groups excluding carboxylic acids is 3. The van der Waals surface area contributed by atoms with Crippen molar-refractivity contribution in [3.8, 4) is 5.75 Å². The average molecular weight is 638 g/mol. The van der Waals surface area contributed by atoms with Crippen molar-refractivity contribution in [1.29, 1.82) is 0 Å². The normalized spacial score (nSPS) is 30.0. The summed E-state index contributed by atoms with van der Waals surface area (Å²) in [6.07, 6.45) is 6.24. The summed E-state index contributed by atoms with van der Waals surface area (Å²) >= 11 is 0. The van der Waals surface area contributed by atoms with Crippen LogP contribution in [0.25, 0.3) is 0 Å². The third-order valence-corrected chi connectivity index (χ3v) is 11.0. The number of aliphatic hydroxyl groups excluding tert-OH is 1.